The topological polar surface area (TPSA) is 97.7 Å². The van der Waals surface area contributed by atoms with Crippen LogP contribution in [0.15, 0.2) is 42.5 Å². The maximum Gasteiger partial charge on any atom is 0.313 e. The molecule has 2 aromatic rings. The Labute approximate surface area is 187 Å². The van der Waals surface area contributed by atoms with Crippen LogP contribution in [0, 0.1) is 11.3 Å². The third-order valence-electron chi connectivity index (χ3n) is 6.06. The molecule has 166 valence electrons. The molecule has 8 heteroatoms. The van der Waals surface area contributed by atoms with Crippen molar-refractivity contribution in [2.75, 3.05) is 56.7 Å². The molecule has 8 nitrogen and oxygen atoms in total. The van der Waals surface area contributed by atoms with Crippen LogP contribution in [0.1, 0.15) is 22.7 Å². The second kappa shape index (κ2) is 9.81. The molecule has 4 rings (SSSR count). The molecular formula is C24H27N5O3. The first-order chi connectivity index (χ1) is 15.6. The number of ether oxygens (including phenoxy) is 1. The fraction of sp³-hybridized carbons (Fsp3) is 0.375. The summed E-state index contributed by atoms with van der Waals surface area (Å²) in [6, 6.07) is 15.0. The van der Waals surface area contributed by atoms with Gasteiger partial charge in [0.05, 0.1) is 30.5 Å². The van der Waals surface area contributed by atoms with Crippen molar-refractivity contribution < 1.29 is 14.3 Å². The van der Waals surface area contributed by atoms with Gasteiger partial charge in [0, 0.05) is 38.9 Å². The summed E-state index contributed by atoms with van der Waals surface area (Å²) >= 11 is 0. The largest absolute Gasteiger partial charge is 0.379 e. The summed E-state index contributed by atoms with van der Waals surface area (Å²) < 4.78 is 5.50. The first-order valence-corrected chi connectivity index (χ1v) is 10.8. The fourth-order valence-electron chi connectivity index (χ4n) is 4.28. The number of hydrogen-bond acceptors (Lipinski definition) is 6. The maximum atomic E-state index is 12.5. The van der Waals surface area contributed by atoms with Crippen molar-refractivity contribution >= 4 is 23.2 Å². The summed E-state index contributed by atoms with van der Waals surface area (Å²) in [5, 5.41) is 14.5. The van der Waals surface area contributed by atoms with Gasteiger partial charge in [0.2, 0.25) is 0 Å². The minimum atomic E-state index is -0.788. The molecule has 0 spiro atoms. The lowest BCUT2D eigenvalue weighted by molar-refractivity contribution is -0.136. The number of hydrogen-bond donors (Lipinski definition) is 2. The number of nitrogens with one attached hydrogen (secondary N) is 2. The molecular weight excluding hydrogens is 406 g/mol. The Morgan fingerprint density at radius 1 is 1.12 bits per heavy atom. The van der Waals surface area contributed by atoms with E-state index in [0.717, 1.165) is 31.6 Å². The first-order valence-electron chi connectivity index (χ1n) is 10.8. The molecule has 0 bridgehead atoms. The van der Waals surface area contributed by atoms with E-state index in [9.17, 15) is 14.9 Å². The van der Waals surface area contributed by atoms with E-state index in [1.54, 1.807) is 24.3 Å². The number of anilines is 2. The van der Waals surface area contributed by atoms with Crippen LogP contribution in [-0.4, -0.2) is 63.2 Å². The van der Waals surface area contributed by atoms with E-state index in [-0.39, 0.29) is 6.04 Å². The van der Waals surface area contributed by atoms with Crippen LogP contribution in [0.4, 0.5) is 11.4 Å². The third-order valence-corrected chi connectivity index (χ3v) is 6.06. The predicted octanol–water partition coefficient (Wildman–Crippen LogP) is 1.68. The van der Waals surface area contributed by atoms with Crippen molar-refractivity contribution in [1.82, 2.24) is 10.2 Å². The molecule has 0 aromatic heterocycles. The molecule has 2 heterocycles. The van der Waals surface area contributed by atoms with E-state index in [1.165, 1.54) is 11.3 Å². The first kappa shape index (κ1) is 21.8. The van der Waals surface area contributed by atoms with Crippen LogP contribution in [0.3, 0.4) is 0 Å². The number of amides is 2. The molecule has 1 atom stereocenters. The van der Waals surface area contributed by atoms with Gasteiger partial charge in [-0.25, -0.2) is 0 Å². The second-order valence-corrected chi connectivity index (χ2v) is 8.05. The number of carbonyl (C=O) groups is 2. The van der Waals surface area contributed by atoms with Crippen LogP contribution in [0.5, 0.6) is 0 Å². The van der Waals surface area contributed by atoms with Crippen LogP contribution in [0.2, 0.25) is 0 Å². The van der Waals surface area contributed by atoms with Crippen molar-refractivity contribution in [3.63, 3.8) is 0 Å². The Balaban J connectivity index is 1.46. The number of nitrogens with zero attached hydrogens (tertiary/aromatic N) is 3. The maximum absolute atomic E-state index is 12.5. The summed E-state index contributed by atoms with van der Waals surface area (Å²) in [7, 11) is 2.09. The normalized spacial score (nSPS) is 16.7. The molecule has 0 aliphatic carbocycles. The van der Waals surface area contributed by atoms with Gasteiger partial charge in [-0.15, -0.1) is 0 Å². The van der Waals surface area contributed by atoms with E-state index < -0.39 is 11.8 Å². The highest BCUT2D eigenvalue weighted by molar-refractivity contribution is 6.39. The van der Waals surface area contributed by atoms with Gasteiger partial charge in [0.15, 0.2) is 0 Å². The van der Waals surface area contributed by atoms with Gasteiger partial charge in [-0.2, -0.15) is 5.26 Å². The molecule has 1 saturated heterocycles. The van der Waals surface area contributed by atoms with Gasteiger partial charge < -0.3 is 20.3 Å². The lowest BCUT2D eigenvalue weighted by atomic mass is 10.0. The molecule has 1 unspecified atom stereocenters. The summed E-state index contributed by atoms with van der Waals surface area (Å²) in [6.07, 6.45) is 1.00. The van der Waals surface area contributed by atoms with E-state index in [2.05, 4.69) is 45.7 Å². The van der Waals surface area contributed by atoms with Gasteiger partial charge >= 0.3 is 11.8 Å². The van der Waals surface area contributed by atoms with E-state index >= 15 is 0 Å². The molecule has 2 aromatic carbocycles. The van der Waals surface area contributed by atoms with Crippen molar-refractivity contribution in [1.29, 1.82) is 5.26 Å². The quantitative estimate of drug-likeness (QED) is 0.697. The summed E-state index contributed by atoms with van der Waals surface area (Å²) in [4.78, 5) is 29.5. The average Bonchev–Trinajstić information content (AvgIpc) is 3.20. The Morgan fingerprint density at radius 2 is 1.91 bits per heavy atom. The third kappa shape index (κ3) is 4.74. The fourth-order valence-corrected chi connectivity index (χ4v) is 4.28. The molecule has 2 aliphatic heterocycles. The van der Waals surface area contributed by atoms with Crippen LogP contribution in [-0.2, 0) is 20.7 Å². The van der Waals surface area contributed by atoms with Gasteiger partial charge in [-0.1, -0.05) is 24.3 Å². The summed E-state index contributed by atoms with van der Waals surface area (Å²) in [6.45, 7) is 4.12. The van der Waals surface area contributed by atoms with E-state index in [0.29, 0.717) is 31.0 Å². The minimum absolute atomic E-state index is 0.0572. The van der Waals surface area contributed by atoms with Gasteiger partial charge in [0.1, 0.15) is 6.07 Å². The predicted molar refractivity (Wildman–Crippen MR) is 121 cm³/mol. The SMILES string of the molecule is CN1CCc2cc(C(CNC(=O)C(=O)Nc3ccccc3C#N)N3CCOCC3)ccc21. The minimum Gasteiger partial charge on any atom is -0.379 e. The number of likely N-dealkylation sites (N-methyl/N-ethyl adjacent to an activating group) is 1. The second-order valence-electron chi connectivity index (χ2n) is 8.05. The van der Waals surface area contributed by atoms with Crippen molar-refractivity contribution in [3.05, 3.63) is 59.2 Å². The monoisotopic (exact) mass is 433 g/mol. The Hall–Kier alpha value is -3.41. The van der Waals surface area contributed by atoms with Crippen LogP contribution >= 0.6 is 0 Å². The number of benzene rings is 2. The molecule has 1 fully saturated rings. The molecule has 32 heavy (non-hydrogen) atoms. The lowest BCUT2D eigenvalue weighted by Gasteiger charge is -2.35. The zero-order valence-electron chi connectivity index (χ0n) is 18.1. The average molecular weight is 434 g/mol. The van der Waals surface area contributed by atoms with Crippen LogP contribution < -0.4 is 15.5 Å². The zero-order chi connectivity index (χ0) is 22.5. The van der Waals surface area contributed by atoms with Gasteiger partial charge in [-0.3, -0.25) is 14.5 Å². The van der Waals surface area contributed by atoms with Crippen molar-refractivity contribution in [2.45, 2.75) is 12.5 Å². The number of rotatable bonds is 5. The van der Waals surface area contributed by atoms with Crippen molar-refractivity contribution in [3.8, 4) is 6.07 Å². The zero-order valence-corrected chi connectivity index (χ0v) is 18.1. The standard InChI is InChI=1S/C24H27N5O3/c1-28-9-8-18-14-17(6-7-21(18)28)22(29-10-12-32-13-11-29)16-26-23(30)24(31)27-20-5-3-2-4-19(20)15-25/h2-7,14,22H,8-13,16H2,1H3,(H,26,30)(H,27,31). The molecule has 0 radical (unpaired) electrons. The molecule has 2 amide bonds. The number of nitriles is 1. The number of para-hydroxylation sites is 1. The van der Waals surface area contributed by atoms with E-state index in [4.69, 9.17) is 4.74 Å². The number of morpholine rings is 1. The number of carbonyl (C=O) groups excluding carboxylic acids is 2. The lowest BCUT2D eigenvalue weighted by Crippen LogP contribution is -2.45. The summed E-state index contributed by atoms with van der Waals surface area (Å²) in [5.74, 6) is -1.51. The molecule has 2 N–H and O–H groups in total. The Kier molecular flexibility index (Phi) is 6.69. The summed E-state index contributed by atoms with van der Waals surface area (Å²) in [5.41, 5.74) is 4.30. The Bertz CT molecular complexity index is 1040. The highest BCUT2D eigenvalue weighted by Gasteiger charge is 2.26. The van der Waals surface area contributed by atoms with Crippen LogP contribution in [0.25, 0.3) is 0 Å². The molecule has 0 saturated carbocycles. The highest BCUT2D eigenvalue weighted by atomic mass is 16.5. The van der Waals surface area contributed by atoms with Gasteiger partial charge in [-0.05, 0) is 35.7 Å². The smallest absolute Gasteiger partial charge is 0.313 e. The highest BCUT2D eigenvalue weighted by Crippen LogP contribution is 2.31. The van der Waals surface area contributed by atoms with E-state index in [1.807, 2.05) is 6.07 Å². The van der Waals surface area contributed by atoms with Gasteiger partial charge in [0.25, 0.3) is 0 Å². The molecule has 2 aliphatic rings. The number of fused-ring (bicyclic) bond motifs is 1. The van der Waals surface area contributed by atoms with Crippen molar-refractivity contribution in [2.24, 2.45) is 0 Å². The Morgan fingerprint density at radius 3 is 2.69 bits per heavy atom.